The predicted molar refractivity (Wildman–Crippen MR) is 159 cm³/mol. The van der Waals surface area contributed by atoms with Crippen molar-refractivity contribution in [2.75, 3.05) is 26.9 Å². The van der Waals surface area contributed by atoms with Crippen LogP contribution in [-0.2, 0) is 11.2 Å². The maximum Gasteiger partial charge on any atom is 0.343 e. The van der Waals surface area contributed by atoms with Gasteiger partial charge in [-0.25, -0.2) is 9.59 Å². The van der Waals surface area contributed by atoms with E-state index in [0.29, 0.717) is 47.3 Å². The van der Waals surface area contributed by atoms with Crippen LogP contribution in [0.15, 0.2) is 79.4 Å². The van der Waals surface area contributed by atoms with Crippen LogP contribution in [-0.4, -0.2) is 38.9 Å². The van der Waals surface area contributed by atoms with Gasteiger partial charge in [0.25, 0.3) is 0 Å². The first kappa shape index (κ1) is 31.4. The van der Waals surface area contributed by atoms with Crippen molar-refractivity contribution in [3.8, 4) is 23.0 Å². The molecule has 0 aliphatic rings. The number of esters is 2. The van der Waals surface area contributed by atoms with Gasteiger partial charge in [-0.3, -0.25) is 0 Å². The van der Waals surface area contributed by atoms with E-state index < -0.39 is 11.9 Å². The molecule has 218 valence electrons. The highest BCUT2D eigenvalue weighted by atomic mass is 16.5. The fraction of sp³-hybridized carbons (Fsp3) is 0.353. The Kier molecular flexibility index (Phi) is 13.5. The van der Waals surface area contributed by atoms with Gasteiger partial charge in [-0.1, -0.05) is 50.8 Å². The summed E-state index contributed by atoms with van der Waals surface area (Å²) in [7, 11) is 1.53. The second-order valence-electron chi connectivity index (χ2n) is 9.50. The molecule has 7 nitrogen and oxygen atoms in total. The summed E-state index contributed by atoms with van der Waals surface area (Å²) in [5, 5.41) is 0. The molecule has 41 heavy (non-hydrogen) atoms. The molecule has 0 spiro atoms. The highest BCUT2D eigenvalue weighted by molar-refractivity contribution is 5.93. The van der Waals surface area contributed by atoms with Crippen molar-refractivity contribution < 1.29 is 33.3 Å². The minimum atomic E-state index is -0.545. The van der Waals surface area contributed by atoms with Crippen LogP contribution in [0.1, 0.15) is 71.7 Å². The van der Waals surface area contributed by atoms with Crippen molar-refractivity contribution in [3.63, 3.8) is 0 Å². The molecule has 0 N–H and O–H groups in total. The van der Waals surface area contributed by atoms with Gasteiger partial charge in [-0.15, -0.1) is 6.58 Å². The molecule has 0 saturated carbocycles. The molecule has 3 aromatic carbocycles. The summed E-state index contributed by atoms with van der Waals surface area (Å²) in [4.78, 5) is 25.2. The Hall–Kier alpha value is -4.10. The lowest BCUT2D eigenvalue weighted by atomic mass is 10.1. The maximum absolute atomic E-state index is 12.7. The number of aryl methyl sites for hydroxylation is 1. The number of benzene rings is 3. The van der Waals surface area contributed by atoms with Gasteiger partial charge in [0.1, 0.15) is 11.5 Å². The van der Waals surface area contributed by atoms with Gasteiger partial charge in [0.05, 0.1) is 31.5 Å². The first-order chi connectivity index (χ1) is 20.0. The molecule has 0 heterocycles. The van der Waals surface area contributed by atoms with Crippen LogP contribution in [0.2, 0.25) is 0 Å². The van der Waals surface area contributed by atoms with Gasteiger partial charge in [0.2, 0.25) is 0 Å². The molecule has 0 bridgehead atoms. The molecule has 0 aromatic heterocycles. The van der Waals surface area contributed by atoms with E-state index in [1.165, 1.54) is 13.5 Å². The zero-order valence-electron chi connectivity index (χ0n) is 24.1. The van der Waals surface area contributed by atoms with Crippen LogP contribution in [0, 0.1) is 0 Å². The van der Waals surface area contributed by atoms with Crippen molar-refractivity contribution in [2.45, 2.75) is 51.9 Å². The number of ether oxygens (including phenoxy) is 5. The van der Waals surface area contributed by atoms with Crippen molar-refractivity contribution in [3.05, 3.63) is 96.1 Å². The number of unbranched alkanes of at least 4 members (excludes halogenated alkanes) is 5. The van der Waals surface area contributed by atoms with E-state index in [9.17, 15) is 9.59 Å². The quantitative estimate of drug-likeness (QED) is 0.0685. The molecule has 3 aromatic rings. The smallest absolute Gasteiger partial charge is 0.343 e. The summed E-state index contributed by atoms with van der Waals surface area (Å²) in [5.74, 6) is 0.789. The Labute approximate surface area is 243 Å². The number of carbonyl (C=O) groups excluding carboxylic acids is 2. The van der Waals surface area contributed by atoms with Crippen LogP contribution >= 0.6 is 0 Å². The Bertz CT molecular complexity index is 1230. The summed E-state index contributed by atoms with van der Waals surface area (Å²) in [5.41, 5.74) is 1.83. The maximum atomic E-state index is 12.7. The van der Waals surface area contributed by atoms with E-state index in [2.05, 4.69) is 13.5 Å². The first-order valence-electron chi connectivity index (χ1n) is 14.2. The van der Waals surface area contributed by atoms with Crippen LogP contribution in [0.3, 0.4) is 0 Å². The van der Waals surface area contributed by atoms with Crippen LogP contribution in [0.5, 0.6) is 23.0 Å². The minimum Gasteiger partial charge on any atom is -0.493 e. The van der Waals surface area contributed by atoms with Crippen LogP contribution in [0.4, 0.5) is 0 Å². The Morgan fingerprint density at radius 2 is 1.27 bits per heavy atom. The molecular weight excluding hydrogens is 520 g/mol. The SMILES string of the molecule is C=CCOCCCCCCCCOc1ccc(C(=O)Oc2ccc(C(=O)Oc3ccc(CC)cc3)cc2)cc1OC. The van der Waals surface area contributed by atoms with Gasteiger partial charge in [0.15, 0.2) is 11.5 Å². The van der Waals surface area contributed by atoms with Gasteiger partial charge < -0.3 is 23.7 Å². The second-order valence-corrected chi connectivity index (χ2v) is 9.50. The van der Waals surface area contributed by atoms with Gasteiger partial charge >= 0.3 is 11.9 Å². The standard InChI is InChI=1S/C34H40O7/c1-4-22-38-23-10-8-6-7-9-11-24-39-31-21-16-28(25-32(31)37-3)34(36)41-30-19-14-27(15-20-30)33(35)40-29-17-12-26(5-2)13-18-29/h4,12-21,25H,1,5-11,22-24H2,2-3H3. The molecule has 0 radical (unpaired) electrons. The van der Waals surface area contributed by atoms with Gasteiger partial charge in [-0.2, -0.15) is 0 Å². The topological polar surface area (TPSA) is 80.3 Å². The number of rotatable bonds is 18. The third-order valence-corrected chi connectivity index (χ3v) is 6.42. The molecule has 0 aliphatic heterocycles. The van der Waals surface area contributed by atoms with Crippen molar-refractivity contribution in [2.24, 2.45) is 0 Å². The summed E-state index contributed by atoms with van der Waals surface area (Å²) in [6.45, 7) is 7.68. The average Bonchev–Trinajstić information content (AvgIpc) is 3.00. The molecule has 0 amide bonds. The fourth-order valence-corrected chi connectivity index (χ4v) is 4.06. The largest absolute Gasteiger partial charge is 0.493 e. The van der Waals surface area contributed by atoms with E-state index in [-0.39, 0.29) is 0 Å². The summed E-state index contributed by atoms with van der Waals surface area (Å²) >= 11 is 0. The predicted octanol–water partition coefficient (Wildman–Crippen LogP) is 7.62. The molecule has 0 atom stereocenters. The van der Waals surface area contributed by atoms with Crippen LogP contribution in [0.25, 0.3) is 0 Å². The second kappa shape index (κ2) is 17.6. The zero-order chi connectivity index (χ0) is 29.3. The molecular formula is C34H40O7. The van der Waals surface area contributed by atoms with Crippen molar-refractivity contribution >= 4 is 11.9 Å². The van der Waals surface area contributed by atoms with Gasteiger partial charge in [0, 0.05) is 6.61 Å². The highest BCUT2D eigenvalue weighted by Gasteiger charge is 2.15. The van der Waals surface area contributed by atoms with Gasteiger partial charge in [-0.05, 0) is 79.4 Å². The fourth-order valence-electron chi connectivity index (χ4n) is 4.06. The Morgan fingerprint density at radius 1 is 0.707 bits per heavy atom. The highest BCUT2D eigenvalue weighted by Crippen LogP contribution is 2.29. The Balaban J connectivity index is 1.42. The summed E-state index contributed by atoms with van der Waals surface area (Å²) in [6, 6.07) is 18.6. The number of hydrogen-bond acceptors (Lipinski definition) is 7. The van der Waals surface area contributed by atoms with E-state index in [1.807, 2.05) is 12.1 Å². The van der Waals surface area contributed by atoms with E-state index in [1.54, 1.807) is 60.7 Å². The monoisotopic (exact) mass is 560 g/mol. The lowest BCUT2D eigenvalue weighted by Gasteiger charge is -2.12. The lowest BCUT2D eigenvalue weighted by molar-refractivity contribution is 0.0730. The molecule has 0 unspecified atom stereocenters. The Morgan fingerprint density at radius 3 is 1.88 bits per heavy atom. The molecule has 0 saturated heterocycles. The minimum absolute atomic E-state index is 0.308. The third kappa shape index (κ3) is 10.8. The van der Waals surface area contributed by atoms with E-state index in [4.69, 9.17) is 23.7 Å². The summed E-state index contributed by atoms with van der Waals surface area (Å²) < 4.78 is 27.6. The summed E-state index contributed by atoms with van der Waals surface area (Å²) in [6.07, 6.45) is 9.27. The molecule has 3 rings (SSSR count). The number of carbonyl (C=O) groups is 2. The zero-order valence-corrected chi connectivity index (χ0v) is 24.1. The number of methoxy groups -OCH3 is 1. The lowest BCUT2D eigenvalue weighted by Crippen LogP contribution is -2.10. The van der Waals surface area contributed by atoms with Crippen LogP contribution < -0.4 is 18.9 Å². The van der Waals surface area contributed by atoms with Crippen molar-refractivity contribution in [1.29, 1.82) is 0 Å². The van der Waals surface area contributed by atoms with Crippen molar-refractivity contribution in [1.82, 2.24) is 0 Å². The van der Waals surface area contributed by atoms with E-state index >= 15 is 0 Å². The normalized spacial score (nSPS) is 10.6. The molecule has 0 fully saturated rings. The van der Waals surface area contributed by atoms with E-state index in [0.717, 1.165) is 50.7 Å². The molecule has 0 aliphatic carbocycles. The third-order valence-electron chi connectivity index (χ3n) is 6.42. The average molecular weight is 561 g/mol. The first-order valence-corrected chi connectivity index (χ1v) is 14.2. The molecule has 7 heteroatoms. The number of hydrogen-bond donors (Lipinski definition) is 0.